The quantitative estimate of drug-likeness (QED) is 0.227. The van der Waals surface area contributed by atoms with Gasteiger partial charge in [0.1, 0.15) is 5.75 Å². The van der Waals surface area contributed by atoms with Crippen molar-refractivity contribution in [3.05, 3.63) is 64.7 Å². The summed E-state index contributed by atoms with van der Waals surface area (Å²) in [5.41, 5.74) is 3.79. The average Bonchev–Trinajstić information content (AvgIpc) is 2.74. The minimum atomic E-state index is -0.275. The fourth-order valence-corrected chi connectivity index (χ4v) is 3.12. The summed E-state index contributed by atoms with van der Waals surface area (Å²) >= 11 is 6.05. The Morgan fingerprint density at radius 1 is 0.966 bits per heavy atom. The fourth-order valence-electron chi connectivity index (χ4n) is 2.93. The molecule has 5 heteroatoms. The van der Waals surface area contributed by atoms with Crippen LogP contribution in [0.25, 0.3) is 0 Å². The molecule has 0 atom stereocenters. The summed E-state index contributed by atoms with van der Waals surface area (Å²) in [6, 6.07) is 14.4. The summed E-state index contributed by atoms with van der Waals surface area (Å²) in [5, 5.41) is 4.55. The second-order valence-electron chi connectivity index (χ2n) is 7.07. The van der Waals surface area contributed by atoms with Crippen LogP contribution in [0.2, 0.25) is 5.02 Å². The average molecular weight is 415 g/mol. The third-order valence-electron chi connectivity index (χ3n) is 4.66. The molecule has 1 amide bonds. The van der Waals surface area contributed by atoms with Crippen molar-refractivity contribution in [3.63, 3.8) is 0 Å². The second-order valence-corrected chi connectivity index (χ2v) is 7.48. The van der Waals surface area contributed by atoms with E-state index in [2.05, 4.69) is 17.5 Å². The molecule has 2 aromatic rings. The Morgan fingerprint density at radius 2 is 1.62 bits per heavy atom. The Hall–Kier alpha value is -2.33. The number of ether oxygens (including phenoxy) is 1. The van der Waals surface area contributed by atoms with E-state index in [1.165, 1.54) is 51.2 Å². The first kappa shape index (κ1) is 23.0. The fraction of sp³-hybridized carbons (Fsp3) is 0.417. The lowest BCUT2D eigenvalue weighted by Crippen LogP contribution is -2.17. The van der Waals surface area contributed by atoms with E-state index in [0.29, 0.717) is 17.2 Å². The SMILES string of the molecule is CCCCCCCCCCOc1ccc(C(=O)N/N=C/c2ccccc2Cl)cc1. The van der Waals surface area contributed by atoms with E-state index < -0.39 is 0 Å². The van der Waals surface area contributed by atoms with Crippen LogP contribution >= 0.6 is 11.6 Å². The lowest BCUT2D eigenvalue weighted by molar-refractivity contribution is 0.0955. The third-order valence-corrected chi connectivity index (χ3v) is 5.00. The predicted molar refractivity (Wildman–Crippen MR) is 121 cm³/mol. The molecule has 156 valence electrons. The molecule has 2 rings (SSSR count). The largest absolute Gasteiger partial charge is 0.494 e. The van der Waals surface area contributed by atoms with Gasteiger partial charge in [-0.25, -0.2) is 5.43 Å². The first-order valence-corrected chi connectivity index (χ1v) is 10.9. The van der Waals surface area contributed by atoms with E-state index in [1.807, 2.05) is 30.3 Å². The Bertz CT molecular complexity index is 760. The van der Waals surface area contributed by atoms with Gasteiger partial charge in [-0.1, -0.05) is 81.7 Å². The van der Waals surface area contributed by atoms with Gasteiger partial charge in [0.05, 0.1) is 12.8 Å². The zero-order chi connectivity index (χ0) is 20.7. The van der Waals surface area contributed by atoms with Gasteiger partial charge in [-0.05, 0) is 36.8 Å². The van der Waals surface area contributed by atoms with E-state index in [0.717, 1.165) is 17.7 Å². The van der Waals surface area contributed by atoms with Crippen LogP contribution < -0.4 is 10.2 Å². The first-order chi connectivity index (χ1) is 14.2. The molecule has 0 aromatic heterocycles. The number of hydrazone groups is 1. The van der Waals surface area contributed by atoms with Crippen LogP contribution in [0.5, 0.6) is 5.75 Å². The van der Waals surface area contributed by atoms with Gasteiger partial charge in [-0.2, -0.15) is 5.10 Å². The maximum Gasteiger partial charge on any atom is 0.271 e. The van der Waals surface area contributed by atoms with E-state index in [-0.39, 0.29) is 5.91 Å². The highest BCUT2D eigenvalue weighted by Crippen LogP contribution is 2.14. The molecule has 1 N–H and O–H groups in total. The number of carbonyl (C=O) groups is 1. The van der Waals surface area contributed by atoms with E-state index >= 15 is 0 Å². The lowest BCUT2D eigenvalue weighted by atomic mass is 10.1. The van der Waals surface area contributed by atoms with Gasteiger partial charge in [0, 0.05) is 16.1 Å². The minimum absolute atomic E-state index is 0.275. The van der Waals surface area contributed by atoms with Crippen LogP contribution in [0.4, 0.5) is 0 Å². The van der Waals surface area contributed by atoms with Gasteiger partial charge < -0.3 is 4.74 Å². The minimum Gasteiger partial charge on any atom is -0.494 e. The Morgan fingerprint density at radius 3 is 2.31 bits per heavy atom. The highest BCUT2D eigenvalue weighted by atomic mass is 35.5. The molecule has 0 aliphatic heterocycles. The Balaban J connectivity index is 1.65. The van der Waals surface area contributed by atoms with Crippen molar-refractivity contribution in [2.75, 3.05) is 6.61 Å². The van der Waals surface area contributed by atoms with Crippen molar-refractivity contribution in [1.29, 1.82) is 0 Å². The molecule has 0 unspecified atom stereocenters. The Labute approximate surface area is 179 Å². The molecule has 0 radical (unpaired) electrons. The van der Waals surface area contributed by atoms with Gasteiger partial charge in [-0.3, -0.25) is 4.79 Å². The zero-order valence-electron chi connectivity index (χ0n) is 17.2. The monoisotopic (exact) mass is 414 g/mol. The van der Waals surface area contributed by atoms with Crippen molar-refractivity contribution in [2.45, 2.75) is 58.3 Å². The molecule has 4 nitrogen and oxygen atoms in total. The number of rotatable bonds is 13. The number of hydrogen-bond acceptors (Lipinski definition) is 3. The van der Waals surface area contributed by atoms with E-state index in [1.54, 1.807) is 18.2 Å². The number of unbranched alkanes of at least 4 members (excludes halogenated alkanes) is 7. The highest BCUT2D eigenvalue weighted by Gasteiger charge is 2.04. The molecular formula is C24H31ClN2O2. The number of nitrogens with one attached hydrogen (secondary N) is 1. The molecule has 0 heterocycles. The van der Waals surface area contributed by atoms with Gasteiger partial charge in [0.2, 0.25) is 0 Å². The number of carbonyl (C=O) groups excluding carboxylic acids is 1. The van der Waals surface area contributed by atoms with Crippen molar-refractivity contribution < 1.29 is 9.53 Å². The maximum absolute atomic E-state index is 12.2. The molecule has 0 bridgehead atoms. The molecule has 0 aliphatic carbocycles. The number of benzene rings is 2. The molecule has 2 aromatic carbocycles. The van der Waals surface area contributed by atoms with Crippen LogP contribution in [-0.4, -0.2) is 18.7 Å². The van der Waals surface area contributed by atoms with Crippen molar-refractivity contribution in [3.8, 4) is 5.75 Å². The molecule has 0 saturated heterocycles. The molecule has 0 saturated carbocycles. The van der Waals surface area contributed by atoms with Crippen LogP contribution in [-0.2, 0) is 0 Å². The number of hydrogen-bond donors (Lipinski definition) is 1. The summed E-state index contributed by atoms with van der Waals surface area (Å²) < 4.78 is 5.76. The lowest BCUT2D eigenvalue weighted by Gasteiger charge is -2.07. The molecular weight excluding hydrogens is 384 g/mol. The van der Waals surface area contributed by atoms with Crippen LogP contribution in [0, 0.1) is 0 Å². The predicted octanol–water partition coefficient (Wildman–Crippen LogP) is 6.62. The van der Waals surface area contributed by atoms with Crippen molar-refractivity contribution in [1.82, 2.24) is 5.43 Å². The zero-order valence-corrected chi connectivity index (χ0v) is 18.0. The normalized spacial score (nSPS) is 11.0. The summed E-state index contributed by atoms with van der Waals surface area (Å²) in [6.45, 7) is 2.95. The number of nitrogens with zero attached hydrogens (tertiary/aromatic N) is 1. The van der Waals surface area contributed by atoms with Gasteiger partial charge in [0.15, 0.2) is 0 Å². The van der Waals surface area contributed by atoms with Crippen LogP contribution in [0.1, 0.15) is 74.2 Å². The second kappa shape index (κ2) is 13.8. The summed E-state index contributed by atoms with van der Waals surface area (Å²) in [6.07, 6.45) is 11.8. The first-order valence-electron chi connectivity index (χ1n) is 10.5. The van der Waals surface area contributed by atoms with Crippen molar-refractivity contribution in [2.24, 2.45) is 5.10 Å². The Kier molecular flexibility index (Phi) is 10.9. The third kappa shape index (κ3) is 9.14. The maximum atomic E-state index is 12.2. The van der Waals surface area contributed by atoms with E-state index in [9.17, 15) is 4.79 Å². The number of halogens is 1. The van der Waals surface area contributed by atoms with Gasteiger partial charge in [-0.15, -0.1) is 0 Å². The smallest absolute Gasteiger partial charge is 0.271 e. The topological polar surface area (TPSA) is 50.7 Å². The summed E-state index contributed by atoms with van der Waals surface area (Å²) in [5.74, 6) is 0.506. The summed E-state index contributed by atoms with van der Waals surface area (Å²) in [7, 11) is 0. The summed E-state index contributed by atoms with van der Waals surface area (Å²) in [4.78, 5) is 12.2. The van der Waals surface area contributed by atoms with Crippen LogP contribution in [0.15, 0.2) is 53.6 Å². The van der Waals surface area contributed by atoms with Crippen molar-refractivity contribution >= 4 is 23.7 Å². The van der Waals surface area contributed by atoms with Gasteiger partial charge >= 0.3 is 0 Å². The number of amides is 1. The molecule has 0 fully saturated rings. The molecule has 29 heavy (non-hydrogen) atoms. The standard InChI is InChI=1S/C24H31ClN2O2/c1-2-3-4-5-6-7-8-11-18-29-22-16-14-20(15-17-22)24(28)27-26-19-21-12-9-10-13-23(21)25/h9-10,12-17,19H,2-8,11,18H2,1H3,(H,27,28)/b26-19+. The van der Waals surface area contributed by atoms with E-state index in [4.69, 9.17) is 16.3 Å². The molecule has 0 aliphatic rings. The van der Waals surface area contributed by atoms with Gasteiger partial charge in [0.25, 0.3) is 5.91 Å². The highest BCUT2D eigenvalue weighted by molar-refractivity contribution is 6.33. The van der Waals surface area contributed by atoms with Crippen LogP contribution in [0.3, 0.4) is 0 Å². The molecule has 0 spiro atoms.